The monoisotopic (exact) mass is 1260 g/mol. The van der Waals surface area contributed by atoms with Gasteiger partial charge in [-0.1, -0.05) is 183 Å². The van der Waals surface area contributed by atoms with Crippen molar-refractivity contribution in [2.75, 3.05) is 42.3 Å². The third-order valence-corrected chi connectivity index (χ3v) is 5.77. The third kappa shape index (κ3) is 845. The molecule has 0 radical (unpaired) electrons. The number of carbonyl (C=O) groups is 11. The maximum atomic E-state index is 12.0. The first-order valence-corrected chi connectivity index (χ1v) is 25.1. The van der Waals surface area contributed by atoms with Gasteiger partial charge in [-0.05, 0) is 110 Å². The predicted octanol–water partition coefficient (Wildman–Crippen LogP) is 12.2. The van der Waals surface area contributed by atoms with Gasteiger partial charge in [0.05, 0.1) is 5.56 Å². The number of aryl methyl sites for hydroxylation is 1. The van der Waals surface area contributed by atoms with Gasteiger partial charge in [-0.2, -0.15) is 13.2 Å². The van der Waals surface area contributed by atoms with Gasteiger partial charge in [-0.3, -0.25) is 0 Å². The van der Waals surface area contributed by atoms with Crippen molar-refractivity contribution in [2.45, 2.75) is 203 Å². The molecular weight excluding hydrogens is 1100 g/mol. The molecule has 28 N–H and O–H groups in total. The molecular formula is C58H156F3N11O12. The summed E-state index contributed by atoms with van der Waals surface area (Å²) in [6.45, 7) is 68.6. The zero-order chi connectivity index (χ0) is 72.2. The van der Waals surface area contributed by atoms with E-state index < -0.39 is 11.7 Å². The van der Waals surface area contributed by atoms with Crippen LogP contribution in [0.4, 0.5) is 13.2 Å². The van der Waals surface area contributed by atoms with E-state index >= 15 is 0 Å². The summed E-state index contributed by atoms with van der Waals surface area (Å²) in [6.07, 6.45) is 2.91. The van der Waals surface area contributed by atoms with Crippen LogP contribution in [0.25, 0.3) is 0 Å². The Labute approximate surface area is 519 Å². The quantitative estimate of drug-likeness (QED) is 0.126. The molecule has 0 aliphatic carbocycles. The second-order valence-corrected chi connectivity index (χ2v) is 12.7. The van der Waals surface area contributed by atoms with E-state index in [1.165, 1.54) is 86.5 Å². The van der Waals surface area contributed by atoms with Gasteiger partial charge in [-0.25, -0.2) is 0 Å². The molecule has 26 heteroatoms. The van der Waals surface area contributed by atoms with Crippen LogP contribution in [0.2, 0.25) is 0 Å². The fourth-order valence-electron chi connectivity index (χ4n) is 0.929. The molecule has 0 amide bonds. The van der Waals surface area contributed by atoms with E-state index in [9.17, 15) is 13.2 Å². The van der Waals surface area contributed by atoms with Gasteiger partial charge in [0, 0.05) is 6.10 Å². The Morgan fingerprint density at radius 1 is 0.321 bits per heavy atom. The van der Waals surface area contributed by atoms with Crippen molar-refractivity contribution in [1.29, 1.82) is 0 Å². The highest BCUT2D eigenvalue weighted by molar-refractivity contribution is 5.24. The normalized spacial score (nSPS) is 6.05. The highest BCUT2D eigenvalue weighted by Crippen LogP contribution is 2.29. The summed E-state index contributed by atoms with van der Waals surface area (Å²) in [5.74, 6) is 4.42. The molecule has 0 saturated carbocycles. The molecule has 0 aliphatic rings. The lowest BCUT2D eigenvalue weighted by molar-refractivity contribution is -0.137. The molecule has 0 aromatic heterocycles. The summed E-state index contributed by atoms with van der Waals surface area (Å²) in [4.78, 5) is 88.0. The Morgan fingerprint density at radius 2 is 0.405 bits per heavy atom. The SMILES string of the molecule is C=O.C=O.C=O.C=O.C=O.C=O.C=O.C=O.C=O.C=O.C=O.CC.CC.CC(C)O.CCC(C)C.CCC(C)C.CCC(C)C.CCC(C)C.CCC(C)C.CCc1ccc(C(F)(F)F)cc1.CN.CN.CN.CN.CN.CN.N.N.N.N.N. The fraction of sp³-hybridized carbons (Fsp3) is 0.707. The number of carbonyl (C=O) groups excluding carboxylic acids is 11. The zero-order valence-corrected chi connectivity index (χ0v) is 60.4. The maximum absolute atomic E-state index is 12.0. The first kappa shape index (κ1) is 200. The van der Waals surface area contributed by atoms with Crippen LogP contribution in [-0.2, 0) is 65.3 Å². The van der Waals surface area contributed by atoms with Crippen LogP contribution >= 0.6 is 0 Å². The van der Waals surface area contributed by atoms with Gasteiger partial charge in [0.15, 0.2) is 0 Å². The summed E-state index contributed by atoms with van der Waals surface area (Å²) in [7, 11) is 9.00. The Kier molecular flexibility index (Phi) is 902. The first-order valence-electron chi connectivity index (χ1n) is 25.1. The average molecular weight is 1260 g/mol. The Hall–Kier alpha value is -5.10. The number of aliphatic hydroxyl groups excluding tert-OH is 1. The lowest BCUT2D eigenvalue weighted by atomic mass is 10.1. The van der Waals surface area contributed by atoms with Gasteiger partial charge < -0.3 is 123 Å². The number of hydrogen-bond donors (Lipinski definition) is 12. The van der Waals surface area contributed by atoms with Gasteiger partial charge in [0.2, 0.25) is 0 Å². The zero-order valence-electron chi connectivity index (χ0n) is 60.4. The predicted molar refractivity (Wildman–Crippen MR) is 371 cm³/mol. The summed E-state index contributed by atoms with van der Waals surface area (Å²) in [5.41, 5.74) is 27.3. The number of benzene rings is 1. The fourth-order valence-corrected chi connectivity index (χ4v) is 0.929. The van der Waals surface area contributed by atoms with Crippen molar-refractivity contribution in [3.05, 3.63) is 35.4 Å². The van der Waals surface area contributed by atoms with E-state index in [0.29, 0.717) is 0 Å². The molecule has 1 aromatic carbocycles. The molecule has 0 bridgehead atoms. The highest BCUT2D eigenvalue weighted by Gasteiger charge is 2.29. The average Bonchev–Trinajstić information content (AvgIpc) is 3.54. The Bertz CT molecular complexity index is 719. The third-order valence-electron chi connectivity index (χ3n) is 5.77. The number of nitrogens with two attached hydrogens (primary N) is 6. The van der Waals surface area contributed by atoms with Crippen molar-refractivity contribution in [2.24, 2.45) is 64.0 Å². The molecule has 0 saturated heterocycles. The number of alkyl halides is 3. The van der Waals surface area contributed by atoms with Gasteiger partial charge >= 0.3 is 6.18 Å². The van der Waals surface area contributed by atoms with E-state index in [4.69, 9.17) is 57.8 Å². The molecule has 1 aromatic rings. The highest BCUT2D eigenvalue weighted by atomic mass is 19.4. The van der Waals surface area contributed by atoms with Crippen LogP contribution in [0.1, 0.15) is 196 Å². The number of rotatable bonds is 6. The van der Waals surface area contributed by atoms with Crippen LogP contribution in [0.5, 0.6) is 0 Å². The number of aliphatic hydroxyl groups is 1. The molecule has 0 atom stereocenters. The van der Waals surface area contributed by atoms with E-state index in [0.717, 1.165) is 53.7 Å². The maximum Gasteiger partial charge on any atom is 0.416 e. The minimum atomic E-state index is -4.22. The standard InChI is InChI=1S/C9H9F3.5C5H12.C3H8O.2C2H6.6CH5N.11CH2O.5H3N/c1-2-7-3-5-8(6-4-7)9(10,11)12;5*1-4-5(2)3;1-3(2)4;19*1-2;;;;;/h3-6H,2H2,1H3;5*5H,4H2,1-3H3;3-4H,1-2H3;2*1-2H3;6*2H2,1H3;11*1H2;5*1H3. The van der Waals surface area contributed by atoms with Crippen LogP contribution in [0, 0.1) is 29.6 Å². The van der Waals surface area contributed by atoms with Crippen molar-refractivity contribution < 1.29 is 71.0 Å². The summed E-state index contributed by atoms with van der Waals surface area (Å²) < 4.78 is 36.1. The topological polar surface area (TPSA) is 539 Å². The van der Waals surface area contributed by atoms with E-state index in [-0.39, 0.29) is 36.9 Å². The van der Waals surface area contributed by atoms with Gasteiger partial charge in [0.25, 0.3) is 0 Å². The molecule has 0 heterocycles. The summed E-state index contributed by atoms with van der Waals surface area (Å²) in [5, 5.41) is 8.06. The van der Waals surface area contributed by atoms with E-state index in [1.807, 2.05) is 109 Å². The molecule has 0 unspecified atom stereocenters. The van der Waals surface area contributed by atoms with Crippen LogP contribution in [0.3, 0.4) is 0 Å². The Balaban J connectivity index is -0.0000000133. The van der Waals surface area contributed by atoms with Crippen molar-refractivity contribution >= 4 is 74.7 Å². The first-order chi connectivity index (χ1) is 37.6. The van der Waals surface area contributed by atoms with Crippen LogP contribution in [0.15, 0.2) is 24.3 Å². The molecule has 0 fully saturated rings. The molecule has 536 valence electrons. The van der Waals surface area contributed by atoms with Gasteiger partial charge in [-0.15, -0.1) is 0 Å². The van der Waals surface area contributed by atoms with Crippen molar-refractivity contribution in [3.63, 3.8) is 0 Å². The summed E-state index contributed by atoms with van der Waals surface area (Å²) >= 11 is 0. The van der Waals surface area contributed by atoms with E-state index in [2.05, 4.69) is 138 Å². The lowest BCUT2D eigenvalue weighted by Gasteiger charge is -2.06. The van der Waals surface area contributed by atoms with Crippen LogP contribution < -0.4 is 65.2 Å². The molecule has 1 rings (SSSR count). The van der Waals surface area contributed by atoms with Crippen molar-refractivity contribution in [3.8, 4) is 0 Å². The Morgan fingerprint density at radius 3 is 0.452 bits per heavy atom. The minimum absolute atomic E-state index is 0. The smallest absolute Gasteiger partial charge is 0.394 e. The number of halogens is 3. The van der Waals surface area contributed by atoms with Crippen molar-refractivity contribution in [1.82, 2.24) is 30.8 Å². The second-order valence-electron chi connectivity index (χ2n) is 12.7. The molecule has 0 spiro atoms. The lowest BCUT2D eigenvalue weighted by Crippen LogP contribution is -2.04. The van der Waals surface area contributed by atoms with E-state index in [1.54, 1.807) is 13.8 Å². The largest absolute Gasteiger partial charge is 0.416 e. The minimum Gasteiger partial charge on any atom is -0.394 e. The van der Waals surface area contributed by atoms with Crippen LogP contribution in [-0.4, -0.2) is 128 Å². The molecule has 84 heavy (non-hydrogen) atoms. The second kappa shape index (κ2) is 378. The number of hydrogen-bond acceptors (Lipinski definition) is 23. The summed E-state index contributed by atoms with van der Waals surface area (Å²) in [6, 6.07) is 5.23. The van der Waals surface area contributed by atoms with Gasteiger partial charge in [0.1, 0.15) is 74.7 Å². The molecule has 23 nitrogen and oxygen atoms in total. The molecule has 0 aliphatic heterocycles.